The number of hydrogen-bond donors (Lipinski definition) is 1. The summed E-state index contributed by atoms with van der Waals surface area (Å²) in [7, 11) is 1.63. The van der Waals surface area contributed by atoms with Crippen LogP contribution in [0.5, 0.6) is 5.75 Å². The quantitative estimate of drug-likeness (QED) is 0.750. The van der Waals surface area contributed by atoms with Gasteiger partial charge in [-0.15, -0.1) is 5.10 Å². The van der Waals surface area contributed by atoms with Crippen LogP contribution in [-0.4, -0.2) is 45.0 Å². The molecular formula is C18H25N5O2S. The van der Waals surface area contributed by atoms with E-state index >= 15 is 0 Å². The minimum absolute atomic E-state index is 0.108. The van der Waals surface area contributed by atoms with Crippen LogP contribution in [0.1, 0.15) is 44.1 Å². The highest BCUT2D eigenvalue weighted by molar-refractivity contribution is 7.99. The fourth-order valence-corrected chi connectivity index (χ4v) is 3.99. The monoisotopic (exact) mass is 375 g/mol. The number of benzene rings is 1. The van der Waals surface area contributed by atoms with Gasteiger partial charge >= 0.3 is 0 Å². The van der Waals surface area contributed by atoms with E-state index in [0.717, 1.165) is 24.1 Å². The van der Waals surface area contributed by atoms with E-state index < -0.39 is 0 Å². The van der Waals surface area contributed by atoms with Gasteiger partial charge in [0.05, 0.1) is 7.11 Å². The van der Waals surface area contributed by atoms with Crippen molar-refractivity contribution < 1.29 is 9.53 Å². The zero-order chi connectivity index (χ0) is 18.4. The van der Waals surface area contributed by atoms with Crippen LogP contribution >= 0.6 is 11.8 Å². The first-order valence-corrected chi connectivity index (χ1v) is 10.0. The van der Waals surface area contributed by atoms with Crippen molar-refractivity contribution in [2.75, 3.05) is 12.9 Å². The summed E-state index contributed by atoms with van der Waals surface area (Å²) in [4.78, 5) is 12.1. The number of tetrazole rings is 1. The SMILES string of the molecule is COc1ccc(C)cc1-n1nnnc1SCCC(=O)NC1CCCCC1. The molecule has 0 unspecified atom stereocenters. The molecule has 0 bridgehead atoms. The summed E-state index contributed by atoms with van der Waals surface area (Å²) in [5.41, 5.74) is 1.89. The molecule has 140 valence electrons. The Kier molecular flexibility index (Phi) is 6.49. The summed E-state index contributed by atoms with van der Waals surface area (Å²) >= 11 is 1.47. The number of amides is 1. The van der Waals surface area contributed by atoms with Crippen molar-refractivity contribution in [3.8, 4) is 11.4 Å². The van der Waals surface area contributed by atoms with Gasteiger partial charge in [-0.1, -0.05) is 37.1 Å². The molecule has 1 aromatic heterocycles. The number of hydrogen-bond acceptors (Lipinski definition) is 6. The van der Waals surface area contributed by atoms with E-state index in [4.69, 9.17) is 4.74 Å². The minimum atomic E-state index is 0.108. The van der Waals surface area contributed by atoms with Gasteiger partial charge in [-0.3, -0.25) is 4.79 Å². The van der Waals surface area contributed by atoms with Crippen LogP contribution in [0.3, 0.4) is 0 Å². The molecule has 7 nitrogen and oxygen atoms in total. The minimum Gasteiger partial charge on any atom is -0.494 e. The van der Waals surface area contributed by atoms with Gasteiger partial charge in [0.15, 0.2) is 0 Å². The Labute approximate surface area is 157 Å². The van der Waals surface area contributed by atoms with Gasteiger partial charge in [0.2, 0.25) is 11.1 Å². The van der Waals surface area contributed by atoms with Gasteiger partial charge in [-0.05, 0) is 47.9 Å². The molecule has 1 aromatic carbocycles. The van der Waals surface area contributed by atoms with Gasteiger partial charge in [-0.25, -0.2) is 0 Å². The molecule has 0 spiro atoms. The molecule has 2 aromatic rings. The summed E-state index contributed by atoms with van der Waals surface area (Å²) in [6.45, 7) is 2.01. The van der Waals surface area contributed by atoms with E-state index in [2.05, 4.69) is 20.8 Å². The van der Waals surface area contributed by atoms with Crippen LogP contribution in [0.15, 0.2) is 23.4 Å². The highest BCUT2D eigenvalue weighted by atomic mass is 32.2. The van der Waals surface area contributed by atoms with Gasteiger partial charge in [-0.2, -0.15) is 4.68 Å². The molecule has 0 radical (unpaired) electrons. The highest BCUT2D eigenvalue weighted by Crippen LogP contribution is 2.27. The maximum Gasteiger partial charge on any atom is 0.221 e. The molecule has 26 heavy (non-hydrogen) atoms. The second-order valence-corrected chi connectivity index (χ2v) is 7.61. The largest absolute Gasteiger partial charge is 0.494 e. The average Bonchev–Trinajstić information content (AvgIpc) is 3.11. The number of thioether (sulfide) groups is 1. The topological polar surface area (TPSA) is 81.9 Å². The van der Waals surface area contributed by atoms with Crippen molar-refractivity contribution in [2.24, 2.45) is 0 Å². The number of aryl methyl sites for hydroxylation is 1. The second-order valence-electron chi connectivity index (χ2n) is 6.55. The lowest BCUT2D eigenvalue weighted by atomic mass is 9.95. The number of carbonyl (C=O) groups excluding carboxylic acids is 1. The predicted octanol–water partition coefficient (Wildman–Crippen LogP) is 2.91. The Balaban J connectivity index is 1.58. The maximum absolute atomic E-state index is 12.1. The molecule has 0 aliphatic heterocycles. The van der Waals surface area contributed by atoms with Crippen molar-refractivity contribution in [2.45, 2.75) is 56.6 Å². The van der Waals surface area contributed by atoms with E-state index in [1.54, 1.807) is 11.8 Å². The maximum atomic E-state index is 12.1. The van der Waals surface area contributed by atoms with E-state index in [1.807, 2.05) is 25.1 Å². The van der Waals surface area contributed by atoms with Crippen LogP contribution in [0.4, 0.5) is 0 Å². The van der Waals surface area contributed by atoms with Gasteiger partial charge < -0.3 is 10.1 Å². The van der Waals surface area contributed by atoms with Crippen LogP contribution in [0.25, 0.3) is 5.69 Å². The predicted molar refractivity (Wildman–Crippen MR) is 101 cm³/mol. The first-order valence-electron chi connectivity index (χ1n) is 9.03. The molecule has 1 N–H and O–H groups in total. The van der Waals surface area contributed by atoms with Crippen molar-refractivity contribution >= 4 is 17.7 Å². The number of aromatic nitrogens is 4. The summed E-state index contributed by atoms with van der Waals surface area (Å²) in [5.74, 6) is 1.45. The number of rotatable bonds is 7. The van der Waals surface area contributed by atoms with E-state index in [0.29, 0.717) is 29.1 Å². The zero-order valence-corrected chi connectivity index (χ0v) is 16.1. The third-order valence-corrected chi connectivity index (χ3v) is 5.46. The molecule has 1 aliphatic rings. The molecule has 8 heteroatoms. The van der Waals surface area contributed by atoms with Gasteiger partial charge in [0.1, 0.15) is 11.4 Å². The van der Waals surface area contributed by atoms with Crippen LogP contribution in [-0.2, 0) is 4.79 Å². The van der Waals surface area contributed by atoms with Crippen LogP contribution < -0.4 is 10.1 Å². The van der Waals surface area contributed by atoms with Crippen molar-refractivity contribution in [3.05, 3.63) is 23.8 Å². The summed E-state index contributed by atoms with van der Waals surface area (Å²) < 4.78 is 7.08. The fourth-order valence-electron chi connectivity index (χ4n) is 3.17. The molecule has 1 heterocycles. The van der Waals surface area contributed by atoms with Crippen LogP contribution in [0.2, 0.25) is 0 Å². The van der Waals surface area contributed by atoms with Crippen LogP contribution in [0, 0.1) is 6.92 Å². The molecule has 3 rings (SSSR count). The third-order valence-electron chi connectivity index (χ3n) is 4.53. The highest BCUT2D eigenvalue weighted by Gasteiger charge is 2.17. The first-order chi connectivity index (χ1) is 12.7. The van der Waals surface area contributed by atoms with Gasteiger partial charge in [0.25, 0.3) is 0 Å². The number of nitrogens with one attached hydrogen (secondary N) is 1. The summed E-state index contributed by atoms with van der Waals surface area (Å²) in [6, 6.07) is 6.21. The lowest BCUT2D eigenvalue weighted by Crippen LogP contribution is -2.36. The lowest BCUT2D eigenvalue weighted by molar-refractivity contribution is -0.121. The normalized spacial score (nSPS) is 15.0. The Hall–Kier alpha value is -2.09. The molecular weight excluding hydrogens is 350 g/mol. The Morgan fingerprint density at radius 1 is 1.35 bits per heavy atom. The molecule has 1 amide bonds. The number of methoxy groups -OCH3 is 1. The summed E-state index contributed by atoms with van der Waals surface area (Å²) in [6.07, 6.45) is 6.38. The third kappa shape index (κ3) is 4.75. The Morgan fingerprint density at radius 3 is 2.92 bits per heavy atom. The Bertz CT molecular complexity index is 743. The lowest BCUT2D eigenvalue weighted by Gasteiger charge is -2.22. The van der Waals surface area contributed by atoms with Crippen molar-refractivity contribution in [1.29, 1.82) is 0 Å². The smallest absolute Gasteiger partial charge is 0.221 e. The first kappa shape index (κ1) is 18.7. The second kappa shape index (κ2) is 9.02. The average molecular weight is 375 g/mol. The standard InChI is InChI=1S/C18H25N5O2S/c1-13-8-9-16(25-2)15(12-13)23-18(20-21-22-23)26-11-10-17(24)19-14-6-4-3-5-7-14/h8-9,12,14H,3-7,10-11H2,1-2H3,(H,19,24). The molecule has 1 aliphatic carbocycles. The van der Waals surface area contributed by atoms with Crippen molar-refractivity contribution in [1.82, 2.24) is 25.5 Å². The van der Waals surface area contributed by atoms with E-state index in [-0.39, 0.29) is 5.91 Å². The molecule has 1 saturated carbocycles. The molecule has 1 fully saturated rings. The fraction of sp³-hybridized carbons (Fsp3) is 0.556. The van der Waals surface area contributed by atoms with E-state index in [9.17, 15) is 4.79 Å². The van der Waals surface area contributed by atoms with E-state index in [1.165, 1.54) is 31.0 Å². The van der Waals surface area contributed by atoms with Gasteiger partial charge in [0, 0.05) is 18.2 Å². The number of ether oxygens (including phenoxy) is 1. The number of nitrogens with zero attached hydrogens (tertiary/aromatic N) is 4. The molecule has 0 atom stereocenters. The molecule has 0 saturated heterocycles. The van der Waals surface area contributed by atoms with Crippen molar-refractivity contribution in [3.63, 3.8) is 0 Å². The number of carbonyl (C=O) groups is 1. The Morgan fingerprint density at radius 2 is 2.15 bits per heavy atom. The zero-order valence-electron chi connectivity index (χ0n) is 15.3. The summed E-state index contributed by atoms with van der Waals surface area (Å²) in [5, 5.41) is 15.7.